The van der Waals surface area contributed by atoms with Crippen LogP contribution in [0.3, 0.4) is 0 Å². The highest BCUT2D eigenvalue weighted by Gasteiger charge is 2.14. The van der Waals surface area contributed by atoms with Crippen molar-refractivity contribution in [2.75, 3.05) is 18.5 Å². The minimum absolute atomic E-state index is 0.0225. The van der Waals surface area contributed by atoms with Crippen LogP contribution in [0.2, 0.25) is 0 Å². The molecule has 1 heterocycles. The molecule has 19 heavy (non-hydrogen) atoms. The van der Waals surface area contributed by atoms with Crippen LogP contribution in [0.1, 0.15) is 12.5 Å². The van der Waals surface area contributed by atoms with E-state index in [1.165, 1.54) is 0 Å². The molecule has 100 valence electrons. The van der Waals surface area contributed by atoms with Crippen molar-refractivity contribution in [3.05, 3.63) is 35.9 Å². The quantitative estimate of drug-likeness (QED) is 0.570. The first kappa shape index (κ1) is 13.3. The minimum Gasteiger partial charge on any atom is -0.392 e. The average Bonchev–Trinajstić information content (AvgIpc) is 2.36. The summed E-state index contributed by atoms with van der Waals surface area (Å²) in [5.41, 5.74) is 7.06. The second-order valence-corrected chi connectivity index (χ2v) is 4.70. The Hall–Kier alpha value is -2.14. The first-order valence-corrected chi connectivity index (χ1v) is 6.12. The molecule has 0 saturated carbocycles. The Labute approximate surface area is 112 Å². The molecular weight excluding hydrogens is 240 g/mol. The predicted octanol–water partition coefficient (Wildman–Crippen LogP) is 1.34. The zero-order valence-electron chi connectivity index (χ0n) is 11.1. The van der Waals surface area contributed by atoms with E-state index in [1.807, 2.05) is 42.3 Å². The van der Waals surface area contributed by atoms with E-state index in [9.17, 15) is 5.11 Å². The molecule has 4 N–H and O–H groups in total. The second-order valence-electron chi connectivity index (χ2n) is 4.70. The standard InChI is InChI=1S/C14H18N4O/c1-9(19)8-18(2)14-11(13(15)16)7-10-5-3-4-6-12(10)17-14/h3-7,9,19H,8H2,1-2H3,(H3,15,16). The van der Waals surface area contributed by atoms with Gasteiger partial charge in [-0.25, -0.2) is 4.98 Å². The molecule has 1 aromatic carbocycles. The topological polar surface area (TPSA) is 86.2 Å². The summed E-state index contributed by atoms with van der Waals surface area (Å²) in [7, 11) is 1.83. The van der Waals surface area contributed by atoms with Gasteiger partial charge in [0.2, 0.25) is 0 Å². The van der Waals surface area contributed by atoms with Crippen LogP contribution in [-0.4, -0.2) is 35.6 Å². The molecule has 1 aromatic heterocycles. The summed E-state index contributed by atoms with van der Waals surface area (Å²) >= 11 is 0. The molecule has 0 amide bonds. The molecule has 0 fully saturated rings. The summed E-state index contributed by atoms with van der Waals surface area (Å²) in [6, 6.07) is 9.55. The van der Waals surface area contributed by atoms with E-state index >= 15 is 0 Å². The first-order valence-electron chi connectivity index (χ1n) is 6.12. The Morgan fingerprint density at radius 2 is 2.16 bits per heavy atom. The SMILES string of the molecule is CC(O)CN(C)c1nc2ccccc2cc1C(=N)N. The van der Waals surface area contributed by atoms with Gasteiger partial charge in [-0.3, -0.25) is 5.41 Å². The van der Waals surface area contributed by atoms with Crippen LogP contribution in [0.5, 0.6) is 0 Å². The van der Waals surface area contributed by atoms with Crippen molar-refractivity contribution in [1.82, 2.24) is 4.98 Å². The van der Waals surface area contributed by atoms with Gasteiger partial charge >= 0.3 is 0 Å². The third kappa shape index (κ3) is 2.82. The number of nitrogens with two attached hydrogens (primary N) is 1. The fourth-order valence-corrected chi connectivity index (χ4v) is 2.08. The van der Waals surface area contributed by atoms with E-state index in [-0.39, 0.29) is 5.84 Å². The summed E-state index contributed by atoms with van der Waals surface area (Å²) in [5, 5.41) is 18.1. The van der Waals surface area contributed by atoms with E-state index in [0.29, 0.717) is 17.9 Å². The number of amidine groups is 1. The lowest BCUT2D eigenvalue weighted by Gasteiger charge is -2.22. The normalized spacial score (nSPS) is 12.4. The number of nitrogens with zero attached hydrogens (tertiary/aromatic N) is 2. The van der Waals surface area contributed by atoms with Gasteiger partial charge < -0.3 is 15.7 Å². The minimum atomic E-state index is -0.474. The highest BCUT2D eigenvalue weighted by molar-refractivity contribution is 6.02. The van der Waals surface area contributed by atoms with Crippen molar-refractivity contribution >= 4 is 22.6 Å². The van der Waals surface area contributed by atoms with Crippen LogP contribution in [0, 0.1) is 5.41 Å². The third-order valence-corrected chi connectivity index (χ3v) is 2.89. The van der Waals surface area contributed by atoms with Gasteiger partial charge in [-0.2, -0.15) is 0 Å². The maximum atomic E-state index is 9.47. The maximum absolute atomic E-state index is 9.47. The number of benzene rings is 1. The van der Waals surface area contributed by atoms with E-state index in [2.05, 4.69) is 4.98 Å². The molecule has 2 aromatic rings. The van der Waals surface area contributed by atoms with Crippen LogP contribution >= 0.6 is 0 Å². The van der Waals surface area contributed by atoms with Gasteiger partial charge in [-0.1, -0.05) is 18.2 Å². The van der Waals surface area contributed by atoms with Gasteiger partial charge in [0.25, 0.3) is 0 Å². The highest BCUT2D eigenvalue weighted by Crippen LogP contribution is 2.22. The number of likely N-dealkylation sites (N-methyl/N-ethyl adjacent to an activating group) is 1. The van der Waals surface area contributed by atoms with Crippen molar-refractivity contribution in [2.24, 2.45) is 5.73 Å². The van der Waals surface area contributed by atoms with Gasteiger partial charge in [0, 0.05) is 19.0 Å². The van der Waals surface area contributed by atoms with E-state index in [0.717, 1.165) is 10.9 Å². The number of hydrogen-bond donors (Lipinski definition) is 3. The van der Waals surface area contributed by atoms with Crippen molar-refractivity contribution < 1.29 is 5.11 Å². The predicted molar refractivity (Wildman–Crippen MR) is 77.7 cm³/mol. The lowest BCUT2D eigenvalue weighted by molar-refractivity contribution is 0.201. The molecule has 0 aliphatic rings. The van der Waals surface area contributed by atoms with Crippen molar-refractivity contribution in [3.63, 3.8) is 0 Å². The number of para-hydroxylation sites is 1. The molecule has 0 saturated heterocycles. The number of aromatic nitrogens is 1. The highest BCUT2D eigenvalue weighted by atomic mass is 16.3. The molecule has 1 atom stereocenters. The van der Waals surface area contributed by atoms with E-state index in [1.54, 1.807) is 6.92 Å². The van der Waals surface area contributed by atoms with Gasteiger partial charge in [0.1, 0.15) is 11.7 Å². The van der Waals surface area contributed by atoms with Crippen LogP contribution in [-0.2, 0) is 0 Å². The van der Waals surface area contributed by atoms with Gasteiger partial charge in [0.05, 0.1) is 17.2 Å². The Morgan fingerprint density at radius 3 is 2.79 bits per heavy atom. The number of nitrogen functional groups attached to an aromatic ring is 1. The number of anilines is 1. The lowest BCUT2D eigenvalue weighted by atomic mass is 10.1. The molecule has 0 radical (unpaired) electrons. The number of aliphatic hydroxyl groups is 1. The number of aliphatic hydroxyl groups excluding tert-OH is 1. The monoisotopic (exact) mass is 258 g/mol. The van der Waals surface area contributed by atoms with Crippen molar-refractivity contribution in [1.29, 1.82) is 5.41 Å². The third-order valence-electron chi connectivity index (χ3n) is 2.89. The number of pyridine rings is 1. The number of nitrogens with one attached hydrogen (secondary N) is 1. The van der Waals surface area contributed by atoms with Crippen molar-refractivity contribution in [3.8, 4) is 0 Å². The summed E-state index contributed by atoms with van der Waals surface area (Å²) in [4.78, 5) is 6.36. The van der Waals surface area contributed by atoms with Crippen LogP contribution in [0.4, 0.5) is 5.82 Å². The first-order chi connectivity index (χ1) is 8.99. The number of rotatable bonds is 4. The Balaban J connectivity index is 2.56. The molecule has 5 nitrogen and oxygen atoms in total. The molecule has 5 heteroatoms. The van der Waals surface area contributed by atoms with Crippen molar-refractivity contribution in [2.45, 2.75) is 13.0 Å². The van der Waals surface area contributed by atoms with E-state index in [4.69, 9.17) is 11.1 Å². The molecule has 0 aliphatic carbocycles. The summed E-state index contributed by atoms with van der Waals surface area (Å²) < 4.78 is 0. The molecule has 2 rings (SSSR count). The second kappa shape index (κ2) is 5.24. The molecule has 0 aliphatic heterocycles. The molecule has 0 bridgehead atoms. The smallest absolute Gasteiger partial charge is 0.140 e. The van der Waals surface area contributed by atoms with E-state index < -0.39 is 6.10 Å². The summed E-state index contributed by atoms with van der Waals surface area (Å²) in [6.07, 6.45) is -0.474. The fourth-order valence-electron chi connectivity index (χ4n) is 2.08. The lowest BCUT2D eigenvalue weighted by Crippen LogP contribution is -2.30. The van der Waals surface area contributed by atoms with Gasteiger partial charge in [0.15, 0.2) is 0 Å². The van der Waals surface area contributed by atoms with Crippen LogP contribution < -0.4 is 10.6 Å². The Morgan fingerprint density at radius 1 is 1.47 bits per heavy atom. The Kier molecular flexibility index (Phi) is 3.66. The molecule has 0 spiro atoms. The maximum Gasteiger partial charge on any atom is 0.140 e. The zero-order valence-corrected chi connectivity index (χ0v) is 11.1. The molecule has 1 unspecified atom stereocenters. The van der Waals surface area contributed by atoms with Crippen LogP contribution in [0.15, 0.2) is 30.3 Å². The largest absolute Gasteiger partial charge is 0.392 e. The number of hydrogen-bond acceptors (Lipinski definition) is 4. The van der Waals surface area contributed by atoms with Crippen LogP contribution in [0.25, 0.3) is 10.9 Å². The van der Waals surface area contributed by atoms with Gasteiger partial charge in [-0.05, 0) is 19.1 Å². The fraction of sp³-hybridized carbons (Fsp3) is 0.286. The summed E-state index contributed by atoms with van der Waals surface area (Å²) in [6.45, 7) is 2.15. The van der Waals surface area contributed by atoms with Gasteiger partial charge in [-0.15, -0.1) is 0 Å². The molecular formula is C14H18N4O. The number of fused-ring (bicyclic) bond motifs is 1. The Bertz CT molecular complexity index is 609. The zero-order chi connectivity index (χ0) is 14.0. The average molecular weight is 258 g/mol. The summed E-state index contributed by atoms with van der Waals surface area (Å²) in [5.74, 6) is 0.595.